The molecule has 1 rings (SSSR count). The summed E-state index contributed by atoms with van der Waals surface area (Å²) < 4.78 is 10.8. The molecule has 0 fully saturated rings. The van der Waals surface area contributed by atoms with E-state index in [9.17, 15) is 9.59 Å². The van der Waals surface area contributed by atoms with Crippen LogP contribution in [0.1, 0.15) is 37.6 Å². The maximum absolute atomic E-state index is 11.8. The molecule has 4 nitrogen and oxygen atoms in total. The third kappa shape index (κ3) is 3.87. The lowest BCUT2D eigenvalue weighted by Crippen LogP contribution is -2.06. The van der Waals surface area contributed by atoms with Gasteiger partial charge in [0.05, 0.1) is 19.6 Å². The predicted molar refractivity (Wildman–Crippen MR) is 68.4 cm³/mol. The smallest absolute Gasteiger partial charge is 0.170 e. The minimum atomic E-state index is -0.202. The van der Waals surface area contributed by atoms with Crippen molar-refractivity contribution >= 4 is 11.6 Å². The largest absolute Gasteiger partial charge is 0.490 e. The van der Waals surface area contributed by atoms with Crippen molar-refractivity contribution in [2.45, 2.75) is 27.2 Å². The molecule has 0 saturated heterocycles. The highest BCUT2D eigenvalue weighted by atomic mass is 16.5. The van der Waals surface area contributed by atoms with Crippen LogP contribution in [0.25, 0.3) is 0 Å². The summed E-state index contributed by atoms with van der Waals surface area (Å²) in [4.78, 5) is 22.7. The molecule has 0 N–H and O–H groups in total. The lowest BCUT2D eigenvalue weighted by atomic mass is 10.1. The monoisotopic (exact) mass is 250 g/mol. The van der Waals surface area contributed by atoms with Crippen LogP contribution in [-0.4, -0.2) is 24.8 Å². The molecule has 4 heteroatoms. The molecule has 0 aromatic heterocycles. The fourth-order valence-electron chi connectivity index (χ4n) is 1.55. The Bertz CT molecular complexity index is 437. The number of ether oxygens (including phenoxy) is 2. The van der Waals surface area contributed by atoms with Crippen molar-refractivity contribution in [2.75, 3.05) is 13.2 Å². The van der Waals surface area contributed by atoms with Crippen LogP contribution in [0.3, 0.4) is 0 Å². The van der Waals surface area contributed by atoms with Crippen LogP contribution in [0, 0.1) is 0 Å². The number of carbonyl (C=O) groups is 2. The Morgan fingerprint density at radius 3 is 2.22 bits per heavy atom. The van der Waals surface area contributed by atoms with Gasteiger partial charge >= 0.3 is 0 Å². The van der Waals surface area contributed by atoms with Gasteiger partial charge in [-0.3, -0.25) is 9.59 Å². The van der Waals surface area contributed by atoms with E-state index in [0.29, 0.717) is 30.3 Å². The van der Waals surface area contributed by atoms with Gasteiger partial charge in [0.15, 0.2) is 17.3 Å². The Hall–Kier alpha value is -1.84. The molecule has 0 atom stereocenters. The summed E-state index contributed by atoms with van der Waals surface area (Å²) in [5, 5.41) is 0. The molecular weight excluding hydrogens is 232 g/mol. The average molecular weight is 250 g/mol. The third-order valence-electron chi connectivity index (χ3n) is 2.27. The minimum Gasteiger partial charge on any atom is -0.490 e. The zero-order chi connectivity index (χ0) is 13.5. The van der Waals surface area contributed by atoms with Crippen molar-refractivity contribution in [1.29, 1.82) is 0 Å². The summed E-state index contributed by atoms with van der Waals surface area (Å²) in [5.41, 5.74) is 0.470. The van der Waals surface area contributed by atoms with Crippen molar-refractivity contribution in [1.82, 2.24) is 0 Å². The molecule has 0 aliphatic rings. The summed E-state index contributed by atoms with van der Waals surface area (Å²) in [6.07, 6.45) is -0.0838. The maximum Gasteiger partial charge on any atom is 0.170 e. The molecule has 0 aliphatic carbocycles. The van der Waals surface area contributed by atoms with E-state index in [4.69, 9.17) is 9.47 Å². The first-order chi connectivity index (χ1) is 8.58. The first kappa shape index (κ1) is 14.2. The molecule has 98 valence electrons. The third-order valence-corrected chi connectivity index (χ3v) is 2.27. The summed E-state index contributed by atoms with van der Waals surface area (Å²) in [5.74, 6) is 0.797. The first-order valence-electron chi connectivity index (χ1n) is 6.00. The average Bonchev–Trinajstić information content (AvgIpc) is 2.31. The number of rotatable bonds is 7. The highest BCUT2D eigenvalue weighted by Gasteiger charge is 2.12. The first-order valence-corrected chi connectivity index (χ1v) is 6.00. The van der Waals surface area contributed by atoms with Crippen LogP contribution in [0.4, 0.5) is 0 Å². The van der Waals surface area contributed by atoms with Crippen LogP contribution >= 0.6 is 0 Å². The number of benzene rings is 1. The molecule has 1 aromatic carbocycles. The fraction of sp³-hybridized carbons (Fsp3) is 0.429. The van der Waals surface area contributed by atoms with E-state index in [2.05, 4.69) is 0 Å². The summed E-state index contributed by atoms with van der Waals surface area (Å²) in [6, 6.07) is 4.97. The van der Waals surface area contributed by atoms with Gasteiger partial charge in [0.25, 0.3) is 0 Å². The standard InChI is InChI=1S/C14H18O4/c1-4-17-13-7-6-11(9-14(13)18-5-2)12(16)8-10(3)15/h6-7,9H,4-5,8H2,1-3H3. The van der Waals surface area contributed by atoms with Gasteiger partial charge in [-0.05, 0) is 39.0 Å². The van der Waals surface area contributed by atoms with Gasteiger partial charge in [0, 0.05) is 5.56 Å². The van der Waals surface area contributed by atoms with E-state index in [0.717, 1.165) is 0 Å². The normalized spacial score (nSPS) is 9.94. The predicted octanol–water partition coefficient (Wildman–Crippen LogP) is 2.65. The molecule has 0 heterocycles. The van der Waals surface area contributed by atoms with E-state index >= 15 is 0 Å². The zero-order valence-corrected chi connectivity index (χ0v) is 11.0. The van der Waals surface area contributed by atoms with E-state index in [1.54, 1.807) is 18.2 Å². The molecule has 1 aromatic rings. The summed E-state index contributed by atoms with van der Waals surface area (Å²) in [7, 11) is 0. The SMILES string of the molecule is CCOc1ccc(C(=O)CC(C)=O)cc1OCC. The van der Waals surface area contributed by atoms with Crippen LogP contribution in [0.2, 0.25) is 0 Å². The highest BCUT2D eigenvalue weighted by molar-refractivity contribution is 6.07. The molecule has 0 radical (unpaired) electrons. The zero-order valence-electron chi connectivity index (χ0n) is 11.0. The van der Waals surface area contributed by atoms with Crippen LogP contribution < -0.4 is 9.47 Å². The van der Waals surface area contributed by atoms with E-state index < -0.39 is 0 Å². The van der Waals surface area contributed by atoms with Gasteiger partial charge in [-0.2, -0.15) is 0 Å². The number of ketones is 2. The van der Waals surface area contributed by atoms with Crippen molar-refractivity contribution in [3.8, 4) is 11.5 Å². The molecule has 0 saturated carbocycles. The number of carbonyl (C=O) groups excluding carboxylic acids is 2. The van der Waals surface area contributed by atoms with E-state index in [1.807, 2.05) is 13.8 Å². The van der Waals surface area contributed by atoms with Gasteiger partial charge < -0.3 is 9.47 Å². The Morgan fingerprint density at radius 2 is 1.67 bits per heavy atom. The second-order valence-electron chi connectivity index (χ2n) is 3.83. The Morgan fingerprint density at radius 1 is 1.06 bits per heavy atom. The van der Waals surface area contributed by atoms with Gasteiger partial charge in [-0.15, -0.1) is 0 Å². The van der Waals surface area contributed by atoms with E-state index in [-0.39, 0.29) is 18.0 Å². The van der Waals surface area contributed by atoms with Gasteiger partial charge in [-0.1, -0.05) is 0 Å². The lowest BCUT2D eigenvalue weighted by Gasteiger charge is -2.11. The highest BCUT2D eigenvalue weighted by Crippen LogP contribution is 2.28. The maximum atomic E-state index is 11.8. The topological polar surface area (TPSA) is 52.6 Å². The summed E-state index contributed by atoms with van der Waals surface area (Å²) in [6.45, 7) is 6.16. The van der Waals surface area contributed by atoms with Crippen LogP contribution in [-0.2, 0) is 4.79 Å². The molecule has 18 heavy (non-hydrogen) atoms. The van der Waals surface area contributed by atoms with Gasteiger partial charge in [0.1, 0.15) is 5.78 Å². The molecule has 0 bridgehead atoms. The Labute approximate surface area is 107 Å². The Balaban J connectivity index is 2.98. The molecule has 0 aliphatic heterocycles. The molecule has 0 spiro atoms. The van der Waals surface area contributed by atoms with Crippen molar-refractivity contribution in [2.24, 2.45) is 0 Å². The minimum absolute atomic E-state index is 0.0838. The Kier molecular flexibility index (Phi) is 5.36. The quantitative estimate of drug-likeness (QED) is 0.551. The molecule has 0 unspecified atom stereocenters. The van der Waals surface area contributed by atoms with Crippen molar-refractivity contribution in [3.05, 3.63) is 23.8 Å². The molecular formula is C14H18O4. The summed E-state index contributed by atoms with van der Waals surface area (Å²) >= 11 is 0. The van der Waals surface area contributed by atoms with E-state index in [1.165, 1.54) is 6.92 Å². The van der Waals surface area contributed by atoms with Gasteiger partial charge in [-0.25, -0.2) is 0 Å². The van der Waals surface area contributed by atoms with Gasteiger partial charge in [0.2, 0.25) is 0 Å². The fourth-order valence-corrected chi connectivity index (χ4v) is 1.55. The van der Waals surface area contributed by atoms with Crippen molar-refractivity contribution < 1.29 is 19.1 Å². The van der Waals surface area contributed by atoms with Crippen molar-refractivity contribution in [3.63, 3.8) is 0 Å². The second-order valence-corrected chi connectivity index (χ2v) is 3.83. The van der Waals surface area contributed by atoms with Crippen LogP contribution in [0.15, 0.2) is 18.2 Å². The number of Topliss-reactive ketones (excluding diaryl/α,β-unsaturated/α-hetero) is 2. The van der Waals surface area contributed by atoms with Crippen LogP contribution in [0.5, 0.6) is 11.5 Å². The second kappa shape index (κ2) is 6.79. The lowest BCUT2D eigenvalue weighted by molar-refractivity contribution is -0.116. The number of hydrogen-bond donors (Lipinski definition) is 0. The molecule has 0 amide bonds. The number of hydrogen-bond acceptors (Lipinski definition) is 4.